The van der Waals surface area contributed by atoms with Gasteiger partial charge in [0, 0.05) is 18.7 Å². The highest BCUT2D eigenvalue weighted by Crippen LogP contribution is 2.17. The summed E-state index contributed by atoms with van der Waals surface area (Å²) >= 11 is 4.90. The van der Waals surface area contributed by atoms with Gasteiger partial charge in [-0.1, -0.05) is 30.4 Å². The lowest BCUT2D eigenvalue weighted by molar-refractivity contribution is -0.144. The largest absolute Gasteiger partial charge is 0.464 e. The van der Waals surface area contributed by atoms with Crippen molar-refractivity contribution < 1.29 is 9.53 Å². The lowest BCUT2D eigenvalue weighted by atomic mass is 10.2. The standard InChI is InChI=1S/C14H20N2O2S/c1-3-18-14(17)11(2)16(10-9-13(15)19)12-7-5-4-6-8-12/h4-8,11H,3,9-10H2,1-2H3,(H2,15,19). The van der Waals surface area contributed by atoms with Gasteiger partial charge < -0.3 is 15.4 Å². The molecule has 0 spiro atoms. The molecule has 0 bridgehead atoms. The molecule has 0 saturated heterocycles. The molecule has 0 aromatic heterocycles. The molecule has 5 heteroatoms. The van der Waals surface area contributed by atoms with E-state index in [1.54, 1.807) is 6.92 Å². The van der Waals surface area contributed by atoms with Crippen LogP contribution in [0.5, 0.6) is 0 Å². The number of esters is 1. The number of ether oxygens (including phenoxy) is 1. The molecule has 0 aliphatic heterocycles. The third-order valence-corrected chi connectivity index (χ3v) is 2.99. The van der Waals surface area contributed by atoms with Gasteiger partial charge in [-0.15, -0.1) is 0 Å². The summed E-state index contributed by atoms with van der Waals surface area (Å²) in [6.45, 7) is 4.59. The molecule has 0 aliphatic rings. The number of anilines is 1. The monoisotopic (exact) mass is 280 g/mol. The van der Waals surface area contributed by atoms with Crippen molar-refractivity contribution in [3.63, 3.8) is 0 Å². The number of nitrogens with two attached hydrogens (primary N) is 1. The van der Waals surface area contributed by atoms with Crippen molar-refractivity contribution in [3.05, 3.63) is 30.3 Å². The van der Waals surface area contributed by atoms with E-state index in [4.69, 9.17) is 22.7 Å². The number of para-hydroxylation sites is 1. The fraction of sp³-hybridized carbons (Fsp3) is 0.429. The number of benzene rings is 1. The first-order valence-electron chi connectivity index (χ1n) is 6.33. The molecule has 0 radical (unpaired) electrons. The number of carbonyl (C=O) groups is 1. The van der Waals surface area contributed by atoms with Crippen LogP contribution in [0.25, 0.3) is 0 Å². The van der Waals surface area contributed by atoms with Gasteiger partial charge in [0.15, 0.2) is 0 Å². The lowest BCUT2D eigenvalue weighted by Crippen LogP contribution is -2.41. The molecule has 0 amide bonds. The normalized spacial score (nSPS) is 11.7. The summed E-state index contributed by atoms with van der Waals surface area (Å²) in [5.41, 5.74) is 6.50. The van der Waals surface area contributed by atoms with Gasteiger partial charge in [0.25, 0.3) is 0 Å². The van der Waals surface area contributed by atoms with Gasteiger partial charge in [-0.2, -0.15) is 0 Å². The average Bonchev–Trinajstić information content (AvgIpc) is 2.40. The van der Waals surface area contributed by atoms with Gasteiger partial charge in [0.05, 0.1) is 11.6 Å². The van der Waals surface area contributed by atoms with E-state index in [1.807, 2.05) is 42.2 Å². The Balaban J connectivity index is 2.85. The van der Waals surface area contributed by atoms with Crippen LogP contribution in [0.15, 0.2) is 30.3 Å². The first kappa shape index (κ1) is 15.4. The second kappa shape index (κ2) is 7.74. The Bertz CT molecular complexity index is 423. The molecule has 0 aliphatic carbocycles. The van der Waals surface area contributed by atoms with Crippen molar-refractivity contribution in [1.82, 2.24) is 0 Å². The fourth-order valence-electron chi connectivity index (χ4n) is 1.79. The number of hydrogen-bond donors (Lipinski definition) is 1. The maximum atomic E-state index is 11.9. The SMILES string of the molecule is CCOC(=O)C(C)N(CCC(N)=S)c1ccccc1. The Morgan fingerprint density at radius 3 is 2.58 bits per heavy atom. The van der Waals surface area contributed by atoms with Crippen molar-refractivity contribution in [2.24, 2.45) is 5.73 Å². The van der Waals surface area contributed by atoms with E-state index >= 15 is 0 Å². The second-order valence-corrected chi connectivity index (χ2v) is 4.70. The van der Waals surface area contributed by atoms with E-state index in [0.717, 1.165) is 5.69 Å². The van der Waals surface area contributed by atoms with E-state index in [0.29, 0.717) is 24.6 Å². The summed E-state index contributed by atoms with van der Waals surface area (Å²) in [4.78, 5) is 14.3. The maximum absolute atomic E-state index is 11.9. The molecular weight excluding hydrogens is 260 g/mol. The van der Waals surface area contributed by atoms with Gasteiger partial charge in [-0.05, 0) is 26.0 Å². The zero-order valence-corrected chi connectivity index (χ0v) is 12.2. The smallest absolute Gasteiger partial charge is 0.328 e. The molecule has 1 unspecified atom stereocenters. The Morgan fingerprint density at radius 1 is 1.42 bits per heavy atom. The van der Waals surface area contributed by atoms with Crippen LogP contribution in [0.1, 0.15) is 20.3 Å². The highest BCUT2D eigenvalue weighted by Gasteiger charge is 2.22. The van der Waals surface area contributed by atoms with Crippen LogP contribution in [0.4, 0.5) is 5.69 Å². The molecule has 1 atom stereocenters. The van der Waals surface area contributed by atoms with Crippen LogP contribution in [-0.4, -0.2) is 30.2 Å². The third-order valence-electron chi connectivity index (χ3n) is 2.78. The quantitative estimate of drug-likeness (QED) is 0.612. The summed E-state index contributed by atoms with van der Waals surface area (Å²) in [6, 6.07) is 9.34. The van der Waals surface area contributed by atoms with Gasteiger partial charge in [-0.25, -0.2) is 4.79 Å². The van der Waals surface area contributed by atoms with Gasteiger partial charge >= 0.3 is 5.97 Å². The number of hydrogen-bond acceptors (Lipinski definition) is 4. The van der Waals surface area contributed by atoms with Crippen molar-refractivity contribution >= 4 is 28.9 Å². The number of carbonyl (C=O) groups excluding carboxylic acids is 1. The molecule has 1 aromatic carbocycles. The Morgan fingerprint density at radius 2 is 2.05 bits per heavy atom. The van der Waals surface area contributed by atoms with Crippen LogP contribution in [0.2, 0.25) is 0 Å². The zero-order valence-electron chi connectivity index (χ0n) is 11.3. The van der Waals surface area contributed by atoms with Crippen molar-refractivity contribution in [1.29, 1.82) is 0 Å². The minimum atomic E-state index is -0.364. The second-order valence-electron chi connectivity index (χ2n) is 4.17. The van der Waals surface area contributed by atoms with Crippen molar-refractivity contribution in [2.45, 2.75) is 26.3 Å². The van der Waals surface area contributed by atoms with E-state index in [9.17, 15) is 4.79 Å². The molecule has 1 rings (SSSR count). The first-order chi connectivity index (χ1) is 9.06. The minimum absolute atomic E-state index is 0.241. The maximum Gasteiger partial charge on any atom is 0.328 e. The van der Waals surface area contributed by atoms with Crippen LogP contribution in [-0.2, 0) is 9.53 Å². The van der Waals surface area contributed by atoms with Crippen molar-refractivity contribution in [3.8, 4) is 0 Å². The predicted molar refractivity (Wildman–Crippen MR) is 81.3 cm³/mol. The first-order valence-corrected chi connectivity index (χ1v) is 6.73. The summed E-state index contributed by atoms with van der Waals surface area (Å²) < 4.78 is 5.07. The summed E-state index contributed by atoms with van der Waals surface area (Å²) in [6.07, 6.45) is 0.563. The summed E-state index contributed by atoms with van der Waals surface area (Å²) in [5.74, 6) is -0.241. The molecular formula is C14H20N2O2S. The molecule has 1 aromatic rings. The summed E-state index contributed by atoms with van der Waals surface area (Å²) in [7, 11) is 0. The molecule has 104 valence electrons. The van der Waals surface area contributed by atoms with E-state index in [2.05, 4.69) is 0 Å². The van der Waals surface area contributed by atoms with Crippen LogP contribution >= 0.6 is 12.2 Å². The molecule has 19 heavy (non-hydrogen) atoms. The molecule has 0 heterocycles. The molecule has 0 fully saturated rings. The van der Waals surface area contributed by atoms with Gasteiger partial charge in [-0.3, -0.25) is 0 Å². The fourth-order valence-corrected chi connectivity index (χ4v) is 1.88. The average molecular weight is 280 g/mol. The van der Waals surface area contributed by atoms with Crippen LogP contribution in [0.3, 0.4) is 0 Å². The zero-order chi connectivity index (χ0) is 14.3. The minimum Gasteiger partial charge on any atom is -0.464 e. The molecule has 0 saturated carbocycles. The van der Waals surface area contributed by atoms with Crippen molar-refractivity contribution in [2.75, 3.05) is 18.1 Å². The number of nitrogens with zero attached hydrogens (tertiary/aromatic N) is 1. The van der Waals surface area contributed by atoms with Gasteiger partial charge in [0.2, 0.25) is 0 Å². The third kappa shape index (κ3) is 4.87. The van der Waals surface area contributed by atoms with E-state index < -0.39 is 0 Å². The lowest BCUT2D eigenvalue weighted by Gasteiger charge is -2.29. The van der Waals surface area contributed by atoms with E-state index in [1.165, 1.54) is 0 Å². The molecule has 2 N–H and O–H groups in total. The van der Waals surface area contributed by atoms with Gasteiger partial charge in [0.1, 0.15) is 6.04 Å². The Hall–Kier alpha value is -1.62. The topological polar surface area (TPSA) is 55.6 Å². The summed E-state index contributed by atoms with van der Waals surface area (Å²) in [5, 5.41) is 0. The predicted octanol–water partition coefficient (Wildman–Crippen LogP) is 2.12. The number of thiocarbonyl (C=S) groups is 1. The van der Waals surface area contributed by atoms with E-state index in [-0.39, 0.29) is 12.0 Å². The molecule has 4 nitrogen and oxygen atoms in total. The van der Waals surface area contributed by atoms with Crippen LogP contribution < -0.4 is 10.6 Å². The highest BCUT2D eigenvalue weighted by atomic mass is 32.1. The van der Waals surface area contributed by atoms with Crippen LogP contribution in [0, 0.1) is 0 Å². The number of rotatable bonds is 7. The highest BCUT2D eigenvalue weighted by molar-refractivity contribution is 7.80. The Labute approximate surface area is 119 Å². The Kier molecular flexibility index (Phi) is 6.29.